The maximum absolute atomic E-state index is 12.6. The highest BCUT2D eigenvalue weighted by atomic mass is 32.2. The molecule has 0 saturated carbocycles. The summed E-state index contributed by atoms with van der Waals surface area (Å²) in [6.45, 7) is -0.0461. The first-order valence-corrected chi connectivity index (χ1v) is 8.41. The lowest BCUT2D eigenvalue weighted by Gasteiger charge is -2.17. The Morgan fingerprint density at radius 1 is 1.44 bits per heavy atom. The van der Waals surface area contributed by atoms with Gasteiger partial charge >= 0.3 is 5.97 Å². The number of nitrogens with zero attached hydrogens (tertiary/aromatic N) is 2. The molecule has 2 aliphatic rings. The normalized spacial score (nSPS) is 22.1. The van der Waals surface area contributed by atoms with Crippen molar-refractivity contribution in [1.29, 1.82) is 0 Å². The number of non-ortho nitro benzene ring substituents is 1. The fraction of sp³-hybridized carbons (Fsp3) is 0.214. The Labute approximate surface area is 150 Å². The number of hydrogen-bond donors (Lipinski definition) is 3. The second-order valence-corrected chi connectivity index (χ2v) is 7.16. The smallest absolute Gasteiger partial charge is 0.305 e. The Bertz CT molecular complexity index is 853. The van der Waals surface area contributed by atoms with Crippen LogP contribution in [-0.4, -0.2) is 44.0 Å². The summed E-state index contributed by atoms with van der Waals surface area (Å²) in [7, 11) is 0. The molecular formula is C14H11N3O6S2. The van der Waals surface area contributed by atoms with Crippen molar-refractivity contribution in [3.8, 4) is 0 Å². The molecule has 130 valence electrons. The van der Waals surface area contributed by atoms with Crippen LogP contribution in [0.2, 0.25) is 0 Å². The number of rotatable bonds is 4. The Balaban J connectivity index is 2.02. The van der Waals surface area contributed by atoms with E-state index in [0.717, 1.165) is 11.8 Å². The van der Waals surface area contributed by atoms with E-state index < -0.39 is 27.4 Å². The molecule has 0 bridgehead atoms. The highest BCUT2D eigenvalue weighted by molar-refractivity contribution is 8.14. The number of thiol groups is 1. The zero-order valence-corrected chi connectivity index (χ0v) is 14.2. The topological polar surface area (TPSA) is 130 Å². The maximum atomic E-state index is 12.6. The average Bonchev–Trinajstić information content (AvgIpc) is 3.00. The molecule has 2 heterocycles. The van der Waals surface area contributed by atoms with Gasteiger partial charge in [-0.3, -0.25) is 24.5 Å². The number of carbonyl (C=O) groups excluding carboxylic acids is 2. The SMILES string of the molecule is O=C(O)CCN1C(=O)/C(=C2/C(=O)Nc3ccc([N+](=O)[O-])cc32)SC1S. The summed E-state index contributed by atoms with van der Waals surface area (Å²) >= 11 is 5.26. The van der Waals surface area contributed by atoms with Gasteiger partial charge in [-0.15, -0.1) is 12.6 Å². The lowest BCUT2D eigenvalue weighted by molar-refractivity contribution is -0.384. The highest BCUT2D eigenvalue weighted by Gasteiger charge is 2.40. The maximum Gasteiger partial charge on any atom is 0.305 e. The number of nitro benzene ring substituents is 1. The van der Waals surface area contributed by atoms with Gasteiger partial charge in [0.25, 0.3) is 17.5 Å². The van der Waals surface area contributed by atoms with Crippen LogP contribution in [0.15, 0.2) is 23.1 Å². The fourth-order valence-electron chi connectivity index (χ4n) is 2.54. The fourth-order valence-corrected chi connectivity index (χ4v) is 4.15. The molecule has 0 radical (unpaired) electrons. The van der Waals surface area contributed by atoms with Crippen LogP contribution in [-0.2, 0) is 14.4 Å². The number of nitro groups is 1. The molecule has 9 nitrogen and oxygen atoms in total. The number of aliphatic carboxylic acids is 1. The molecule has 2 aliphatic heterocycles. The summed E-state index contributed by atoms with van der Waals surface area (Å²) in [5.74, 6) is -2.11. The Morgan fingerprint density at radius 3 is 2.80 bits per heavy atom. The van der Waals surface area contributed by atoms with Crippen molar-refractivity contribution >= 4 is 59.1 Å². The molecule has 11 heteroatoms. The van der Waals surface area contributed by atoms with Crippen molar-refractivity contribution in [2.45, 2.75) is 11.1 Å². The van der Waals surface area contributed by atoms with Crippen LogP contribution in [0.5, 0.6) is 0 Å². The standard InChI is InChI=1S/C14H11N3O6S2/c18-9(19)3-4-16-13(21)11(25-14(16)24)10-7-5-6(17(22)23)1-2-8(7)15-12(10)20/h1-2,5,14,24H,3-4H2,(H,15,20)(H,18,19)/b11-10-. The second kappa shape index (κ2) is 6.41. The molecule has 1 unspecified atom stereocenters. The van der Waals surface area contributed by atoms with Gasteiger partial charge in [0.15, 0.2) is 0 Å². The van der Waals surface area contributed by atoms with Gasteiger partial charge in [-0.2, -0.15) is 0 Å². The van der Waals surface area contributed by atoms with Crippen molar-refractivity contribution in [2.75, 3.05) is 11.9 Å². The third-order valence-electron chi connectivity index (χ3n) is 3.70. The van der Waals surface area contributed by atoms with Gasteiger partial charge < -0.3 is 15.3 Å². The van der Waals surface area contributed by atoms with Crippen LogP contribution in [0.4, 0.5) is 11.4 Å². The summed E-state index contributed by atoms with van der Waals surface area (Å²) in [6, 6.07) is 3.90. The number of carboxylic acids is 1. The molecule has 1 aromatic rings. The molecule has 0 aromatic heterocycles. The molecule has 2 N–H and O–H groups in total. The molecule has 0 spiro atoms. The van der Waals surface area contributed by atoms with Crippen molar-refractivity contribution in [1.82, 2.24) is 4.90 Å². The van der Waals surface area contributed by atoms with Gasteiger partial charge in [-0.25, -0.2) is 0 Å². The number of hydrogen-bond acceptors (Lipinski definition) is 7. The first-order chi connectivity index (χ1) is 11.8. The summed E-state index contributed by atoms with van der Waals surface area (Å²) in [5.41, 5.74) is 0.501. The van der Waals surface area contributed by atoms with Gasteiger partial charge in [0.2, 0.25) is 0 Å². The number of carbonyl (C=O) groups is 3. The Kier molecular flexibility index (Phi) is 4.43. The van der Waals surface area contributed by atoms with E-state index in [2.05, 4.69) is 17.9 Å². The average molecular weight is 381 g/mol. The van der Waals surface area contributed by atoms with Crippen molar-refractivity contribution < 1.29 is 24.4 Å². The van der Waals surface area contributed by atoms with Crippen molar-refractivity contribution in [2.24, 2.45) is 0 Å². The van der Waals surface area contributed by atoms with Crippen LogP contribution in [0.1, 0.15) is 12.0 Å². The van der Waals surface area contributed by atoms with Crippen molar-refractivity contribution in [3.05, 3.63) is 38.8 Å². The monoisotopic (exact) mass is 381 g/mol. The summed E-state index contributed by atoms with van der Waals surface area (Å²) in [6.07, 6.45) is -0.250. The van der Waals surface area contributed by atoms with Gasteiger partial charge in [0.1, 0.15) is 4.71 Å². The number of benzene rings is 1. The lowest BCUT2D eigenvalue weighted by Crippen LogP contribution is -2.31. The van der Waals surface area contributed by atoms with E-state index in [1.54, 1.807) is 0 Å². The summed E-state index contributed by atoms with van der Waals surface area (Å²) in [5, 5.41) is 22.3. The van der Waals surface area contributed by atoms with Crippen LogP contribution >= 0.6 is 24.4 Å². The molecule has 1 aromatic carbocycles. The second-order valence-electron chi connectivity index (χ2n) is 5.23. The Hall–Kier alpha value is -2.53. The van der Waals surface area contributed by atoms with Crippen LogP contribution in [0.3, 0.4) is 0 Å². The lowest BCUT2D eigenvalue weighted by atomic mass is 10.1. The summed E-state index contributed by atoms with van der Waals surface area (Å²) in [4.78, 5) is 47.3. The van der Waals surface area contributed by atoms with Crippen LogP contribution < -0.4 is 5.32 Å². The third kappa shape index (κ3) is 3.07. The molecule has 1 saturated heterocycles. The molecule has 3 rings (SSSR count). The van der Waals surface area contributed by atoms with Gasteiger partial charge in [0.05, 0.1) is 21.8 Å². The van der Waals surface area contributed by atoms with Gasteiger partial charge in [0, 0.05) is 29.9 Å². The minimum absolute atomic E-state index is 0.0461. The van der Waals surface area contributed by atoms with Gasteiger partial charge in [-0.05, 0) is 6.07 Å². The molecule has 2 amide bonds. The number of carboxylic acid groups (broad SMARTS) is 1. The number of anilines is 1. The zero-order valence-electron chi connectivity index (χ0n) is 12.5. The van der Waals surface area contributed by atoms with E-state index in [1.807, 2.05) is 0 Å². The van der Waals surface area contributed by atoms with Crippen LogP contribution in [0, 0.1) is 10.1 Å². The minimum atomic E-state index is -1.06. The Morgan fingerprint density at radius 2 is 2.16 bits per heavy atom. The summed E-state index contributed by atoms with van der Waals surface area (Å²) < 4.78 is -0.634. The largest absolute Gasteiger partial charge is 0.481 e. The third-order valence-corrected chi connectivity index (χ3v) is 5.37. The molecule has 1 atom stereocenters. The van der Waals surface area contributed by atoms with E-state index in [4.69, 9.17) is 5.11 Å². The van der Waals surface area contributed by atoms with E-state index in [0.29, 0.717) is 5.69 Å². The van der Waals surface area contributed by atoms with E-state index in [-0.39, 0.29) is 34.7 Å². The number of thioether (sulfide) groups is 1. The quantitative estimate of drug-likeness (QED) is 0.312. The van der Waals surface area contributed by atoms with Crippen molar-refractivity contribution in [3.63, 3.8) is 0 Å². The highest BCUT2D eigenvalue weighted by Crippen LogP contribution is 2.45. The number of amides is 2. The van der Waals surface area contributed by atoms with E-state index in [1.165, 1.54) is 23.1 Å². The first-order valence-electron chi connectivity index (χ1n) is 7.01. The minimum Gasteiger partial charge on any atom is -0.481 e. The molecule has 0 aliphatic carbocycles. The zero-order chi connectivity index (χ0) is 18.3. The molecule has 1 fully saturated rings. The van der Waals surface area contributed by atoms with Crippen LogP contribution in [0.25, 0.3) is 5.57 Å². The predicted molar refractivity (Wildman–Crippen MR) is 93.0 cm³/mol. The first kappa shape index (κ1) is 17.3. The van der Waals surface area contributed by atoms with E-state index >= 15 is 0 Å². The molecule has 25 heavy (non-hydrogen) atoms. The predicted octanol–water partition coefficient (Wildman–Crippen LogP) is 1.52. The van der Waals surface area contributed by atoms with Gasteiger partial charge in [-0.1, -0.05) is 11.8 Å². The van der Waals surface area contributed by atoms with E-state index in [9.17, 15) is 24.5 Å². The number of nitrogens with one attached hydrogen (secondary N) is 1. The number of fused-ring (bicyclic) bond motifs is 1. The molecular weight excluding hydrogens is 370 g/mol.